The van der Waals surface area contributed by atoms with Gasteiger partial charge in [0.1, 0.15) is 0 Å². The van der Waals surface area contributed by atoms with Crippen molar-refractivity contribution in [1.82, 2.24) is 19.7 Å². The Morgan fingerprint density at radius 2 is 2.19 bits per heavy atom. The first kappa shape index (κ1) is 14.7. The summed E-state index contributed by atoms with van der Waals surface area (Å²) in [6.07, 6.45) is 2.22. The van der Waals surface area contributed by atoms with Gasteiger partial charge in [0, 0.05) is 18.2 Å². The molecule has 4 nitrogen and oxygen atoms in total. The molecule has 110 valence electrons. The fourth-order valence-corrected chi connectivity index (χ4v) is 4.50. The number of thioether (sulfide) groups is 1. The Morgan fingerprint density at radius 3 is 2.95 bits per heavy atom. The lowest BCUT2D eigenvalue weighted by atomic mass is 10.3. The van der Waals surface area contributed by atoms with Gasteiger partial charge in [-0.1, -0.05) is 24.8 Å². The SMILES string of the molecule is CCCc1nc(CSc2nnc(-c3cccs3)n2C)cs1. The Bertz CT molecular complexity index is 700. The van der Waals surface area contributed by atoms with Gasteiger partial charge in [-0.3, -0.25) is 0 Å². The molecule has 3 rings (SSSR count). The van der Waals surface area contributed by atoms with Gasteiger partial charge in [-0.2, -0.15) is 0 Å². The summed E-state index contributed by atoms with van der Waals surface area (Å²) in [5.74, 6) is 1.77. The standard InChI is InChI=1S/C14H16N4S3/c1-3-5-12-15-10(8-20-12)9-21-14-17-16-13(18(14)2)11-6-4-7-19-11/h4,6-8H,3,5,9H2,1-2H3. The van der Waals surface area contributed by atoms with Crippen molar-refractivity contribution in [2.75, 3.05) is 0 Å². The van der Waals surface area contributed by atoms with E-state index in [4.69, 9.17) is 0 Å². The summed E-state index contributed by atoms with van der Waals surface area (Å²) in [7, 11) is 2.01. The van der Waals surface area contributed by atoms with Crippen LogP contribution in [0.2, 0.25) is 0 Å². The summed E-state index contributed by atoms with van der Waals surface area (Å²) in [6, 6.07) is 4.10. The molecule has 0 aromatic carbocycles. The summed E-state index contributed by atoms with van der Waals surface area (Å²) in [5, 5.41) is 14.9. The van der Waals surface area contributed by atoms with Crippen molar-refractivity contribution in [2.24, 2.45) is 7.05 Å². The van der Waals surface area contributed by atoms with E-state index in [1.807, 2.05) is 13.1 Å². The first-order valence-electron chi connectivity index (χ1n) is 6.77. The zero-order chi connectivity index (χ0) is 14.7. The molecule has 0 unspecified atom stereocenters. The zero-order valence-electron chi connectivity index (χ0n) is 11.9. The van der Waals surface area contributed by atoms with Crippen LogP contribution in [0.5, 0.6) is 0 Å². The molecule has 0 aliphatic carbocycles. The molecule has 3 aromatic rings. The predicted molar refractivity (Wildman–Crippen MR) is 90.0 cm³/mol. The van der Waals surface area contributed by atoms with E-state index < -0.39 is 0 Å². The molecular formula is C14H16N4S3. The highest BCUT2D eigenvalue weighted by Crippen LogP contribution is 2.28. The van der Waals surface area contributed by atoms with Crippen molar-refractivity contribution in [3.05, 3.63) is 33.6 Å². The lowest BCUT2D eigenvalue weighted by Gasteiger charge is -2.01. The van der Waals surface area contributed by atoms with E-state index in [0.29, 0.717) is 0 Å². The Labute approximate surface area is 136 Å². The van der Waals surface area contributed by atoms with Crippen LogP contribution in [-0.2, 0) is 19.2 Å². The van der Waals surface area contributed by atoms with Gasteiger partial charge in [0.25, 0.3) is 0 Å². The maximum absolute atomic E-state index is 4.64. The molecule has 0 aliphatic heterocycles. The quantitative estimate of drug-likeness (QED) is 0.631. The number of nitrogens with zero attached hydrogens (tertiary/aromatic N) is 4. The van der Waals surface area contributed by atoms with Crippen molar-refractivity contribution in [1.29, 1.82) is 0 Å². The van der Waals surface area contributed by atoms with Crippen molar-refractivity contribution in [2.45, 2.75) is 30.7 Å². The van der Waals surface area contributed by atoms with Gasteiger partial charge >= 0.3 is 0 Å². The normalized spacial score (nSPS) is 11.1. The highest BCUT2D eigenvalue weighted by molar-refractivity contribution is 7.98. The lowest BCUT2D eigenvalue weighted by Crippen LogP contribution is -1.94. The van der Waals surface area contributed by atoms with Crippen LogP contribution in [0.3, 0.4) is 0 Å². The Hall–Kier alpha value is -1.18. The average molecular weight is 337 g/mol. The van der Waals surface area contributed by atoms with E-state index >= 15 is 0 Å². The van der Waals surface area contributed by atoms with Crippen molar-refractivity contribution < 1.29 is 0 Å². The second kappa shape index (κ2) is 6.72. The number of thiophene rings is 1. The van der Waals surface area contributed by atoms with Crippen LogP contribution < -0.4 is 0 Å². The molecule has 3 heterocycles. The molecule has 0 saturated heterocycles. The predicted octanol–water partition coefficient (Wildman–Crippen LogP) is 4.24. The minimum atomic E-state index is 0.844. The van der Waals surface area contributed by atoms with Crippen LogP contribution >= 0.6 is 34.4 Å². The Balaban J connectivity index is 1.68. The zero-order valence-corrected chi connectivity index (χ0v) is 14.4. The molecule has 0 radical (unpaired) electrons. The highest BCUT2D eigenvalue weighted by atomic mass is 32.2. The van der Waals surface area contributed by atoms with E-state index in [1.54, 1.807) is 34.4 Å². The fourth-order valence-electron chi connectivity index (χ4n) is 1.94. The second-order valence-corrected chi connectivity index (χ2v) is 7.45. The topological polar surface area (TPSA) is 43.6 Å². The van der Waals surface area contributed by atoms with E-state index in [-0.39, 0.29) is 0 Å². The molecule has 0 atom stereocenters. The van der Waals surface area contributed by atoms with Crippen molar-refractivity contribution >= 4 is 34.4 Å². The number of aryl methyl sites for hydroxylation is 1. The molecule has 0 N–H and O–H groups in total. The lowest BCUT2D eigenvalue weighted by molar-refractivity contribution is 0.794. The average Bonchev–Trinajstić information content (AvgIpc) is 3.18. The van der Waals surface area contributed by atoms with Crippen LogP contribution in [0.15, 0.2) is 28.0 Å². The maximum atomic E-state index is 4.64. The first-order chi connectivity index (χ1) is 10.3. The van der Waals surface area contributed by atoms with Gasteiger partial charge in [-0.15, -0.1) is 32.9 Å². The molecule has 0 amide bonds. The molecule has 7 heteroatoms. The third-order valence-electron chi connectivity index (χ3n) is 2.99. The molecule has 0 spiro atoms. The number of thiazole rings is 1. The van der Waals surface area contributed by atoms with Gasteiger partial charge in [-0.05, 0) is 24.3 Å². The van der Waals surface area contributed by atoms with Gasteiger partial charge in [-0.25, -0.2) is 4.98 Å². The van der Waals surface area contributed by atoms with Crippen LogP contribution in [0.1, 0.15) is 24.0 Å². The molecule has 0 saturated carbocycles. The number of hydrogen-bond donors (Lipinski definition) is 0. The molecule has 3 aromatic heterocycles. The molecular weight excluding hydrogens is 320 g/mol. The maximum Gasteiger partial charge on any atom is 0.191 e. The minimum absolute atomic E-state index is 0.844. The summed E-state index contributed by atoms with van der Waals surface area (Å²) >= 11 is 5.12. The largest absolute Gasteiger partial charge is 0.304 e. The van der Waals surface area contributed by atoms with Gasteiger partial charge in [0.2, 0.25) is 0 Å². The van der Waals surface area contributed by atoms with E-state index in [9.17, 15) is 0 Å². The number of aromatic nitrogens is 4. The minimum Gasteiger partial charge on any atom is -0.304 e. The summed E-state index contributed by atoms with van der Waals surface area (Å²) in [5.41, 5.74) is 1.13. The van der Waals surface area contributed by atoms with E-state index in [0.717, 1.165) is 40.1 Å². The third kappa shape index (κ3) is 3.36. The molecule has 0 aliphatic rings. The third-order valence-corrected chi connectivity index (χ3v) is 5.87. The molecule has 21 heavy (non-hydrogen) atoms. The Morgan fingerprint density at radius 1 is 1.29 bits per heavy atom. The molecule has 0 bridgehead atoms. The van der Waals surface area contributed by atoms with Gasteiger partial charge < -0.3 is 4.57 Å². The van der Waals surface area contributed by atoms with Crippen molar-refractivity contribution in [3.8, 4) is 10.7 Å². The number of rotatable bonds is 6. The highest BCUT2D eigenvalue weighted by Gasteiger charge is 2.12. The van der Waals surface area contributed by atoms with Crippen LogP contribution in [0.25, 0.3) is 10.7 Å². The van der Waals surface area contributed by atoms with Gasteiger partial charge in [0.05, 0.1) is 15.6 Å². The van der Waals surface area contributed by atoms with Crippen LogP contribution in [0.4, 0.5) is 0 Å². The monoisotopic (exact) mass is 336 g/mol. The first-order valence-corrected chi connectivity index (χ1v) is 9.51. The molecule has 0 fully saturated rings. The van der Waals surface area contributed by atoms with E-state index in [2.05, 4.69) is 43.5 Å². The van der Waals surface area contributed by atoms with Gasteiger partial charge in [0.15, 0.2) is 11.0 Å². The summed E-state index contributed by atoms with van der Waals surface area (Å²) < 4.78 is 2.05. The van der Waals surface area contributed by atoms with Crippen molar-refractivity contribution in [3.63, 3.8) is 0 Å². The summed E-state index contributed by atoms with van der Waals surface area (Å²) in [4.78, 5) is 5.79. The van der Waals surface area contributed by atoms with Crippen LogP contribution in [-0.4, -0.2) is 19.7 Å². The number of hydrogen-bond acceptors (Lipinski definition) is 6. The summed E-state index contributed by atoms with van der Waals surface area (Å²) in [6.45, 7) is 2.18. The van der Waals surface area contributed by atoms with Crippen LogP contribution in [0, 0.1) is 0 Å². The van der Waals surface area contributed by atoms with E-state index in [1.165, 1.54) is 5.01 Å². The smallest absolute Gasteiger partial charge is 0.191 e. The fraction of sp³-hybridized carbons (Fsp3) is 0.357. The Kier molecular flexibility index (Phi) is 4.72. The second-order valence-electron chi connectivity index (χ2n) is 4.61.